The van der Waals surface area contributed by atoms with Crippen LogP contribution in [0.15, 0.2) is 115 Å². The molecule has 0 saturated carbocycles. The molecule has 0 bridgehead atoms. The van der Waals surface area contributed by atoms with Crippen LogP contribution in [-0.4, -0.2) is 6.71 Å². The zero-order chi connectivity index (χ0) is 19.2. The molecule has 0 heterocycles. The summed E-state index contributed by atoms with van der Waals surface area (Å²) in [5.41, 5.74) is 13.2. The number of hydrogen-bond acceptors (Lipinski definition) is 1. The molecular formula is C26H22BN. The van der Waals surface area contributed by atoms with E-state index in [0.717, 1.165) is 16.8 Å². The van der Waals surface area contributed by atoms with Crippen LogP contribution in [0, 0.1) is 0 Å². The summed E-state index contributed by atoms with van der Waals surface area (Å²) in [7, 11) is 0. The first kappa shape index (κ1) is 17.9. The number of para-hydroxylation sites is 1. The average molecular weight is 359 g/mol. The van der Waals surface area contributed by atoms with Crippen molar-refractivity contribution in [3.63, 3.8) is 0 Å². The third-order valence-electron chi connectivity index (χ3n) is 4.97. The number of hydrogen-bond donors (Lipinski definition) is 1. The van der Waals surface area contributed by atoms with Crippen LogP contribution in [0.1, 0.15) is 11.1 Å². The Morgan fingerprint density at radius 3 is 1.57 bits per heavy atom. The van der Waals surface area contributed by atoms with Gasteiger partial charge in [-0.15, -0.1) is 0 Å². The molecule has 0 unspecified atom stereocenters. The third-order valence-corrected chi connectivity index (χ3v) is 4.97. The van der Waals surface area contributed by atoms with Gasteiger partial charge in [-0.05, 0) is 17.2 Å². The molecule has 1 nitrogen and oxygen atoms in total. The predicted molar refractivity (Wildman–Crippen MR) is 123 cm³/mol. The number of rotatable bonds is 5. The fourth-order valence-corrected chi connectivity index (χ4v) is 3.65. The molecule has 0 aliphatic heterocycles. The highest BCUT2D eigenvalue weighted by Gasteiger charge is 2.25. The Hall–Kier alpha value is -3.52. The van der Waals surface area contributed by atoms with Gasteiger partial charge in [0.1, 0.15) is 0 Å². The van der Waals surface area contributed by atoms with Gasteiger partial charge in [-0.2, -0.15) is 0 Å². The fraction of sp³-hybridized carbons (Fsp3) is 0. The van der Waals surface area contributed by atoms with Crippen molar-refractivity contribution in [1.29, 1.82) is 0 Å². The topological polar surface area (TPSA) is 26.0 Å². The summed E-state index contributed by atoms with van der Waals surface area (Å²) in [5.74, 6) is 0. The molecule has 2 heteroatoms. The van der Waals surface area contributed by atoms with Crippen molar-refractivity contribution in [2.45, 2.75) is 0 Å². The molecule has 0 saturated heterocycles. The molecule has 0 aliphatic carbocycles. The minimum atomic E-state index is 0.0901. The summed E-state index contributed by atoms with van der Waals surface area (Å²) in [6, 6.07) is 39.8. The van der Waals surface area contributed by atoms with E-state index in [1.54, 1.807) is 0 Å². The molecule has 28 heavy (non-hydrogen) atoms. The first-order valence-corrected chi connectivity index (χ1v) is 9.54. The Morgan fingerprint density at radius 2 is 1.04 bits per heavy atom. The van der Waals surface area contributed by atoms with Gasteiger partial charge in [0, 0.05) is 5.69 Å². The summed E-state index contributed by atoms with van der Waals surface area (Å²) in [5, 5.41) is 0. The van der Waals surface area contributed by atoms with Crippen molar-refractivity contribution < 1.29 is 0 Å². The van der Waals surface area contributed by atoms with Crippen molar-refractivity contribution in [1.82, 2.24) is 0 Å². The Kier molecular flexibility index (Phi) is 5.39. The van der Waals surface area contributed by atoms with E-state index in [1.165, 1.54) is 16.4 Å². The molecule has 4 rings (SSSR count). The van der Waals surface area contributed by atoms with E-state index in [-0.39, 0.29) is 6.71 Å². The van der Waals surface area contributed by atoms with Crippen LogP contribution in [0.5, 0.6) is 0 Å². The number of nitrogen functional groups attached to an aromatic ring is 1. The van der Waals surface area contributed by atoms with Gasteiger partial charge in [-0.3, -0.25) is 0 Å². The van der Waals surface area contributed by atoms with E-state index in [0.29, 0.717) is 0 Å². The van der Waals surface area contributed by atoms with Crippen LogP contribution < -0.4 is 16.7 Å². The first-order valence-electron chi connectivity index (χ1n) is 9.54. The largest absolute Gasteiger partial charge is 0.398 e. The standard InChI is InChI=1S/C26H22BN/c28-26-19-11-10-18-24(26)25(20-21-12-4-1-5-13-21)27(22-14-6-2-7-15-22)23-16-8-3-9-17-23/h1-20H,28H2/b25-20-. The Morgan fingerprint density at radius 1 is 0.571 bits per heavy atom. The van der Waals surface area contributed by atoms with Crippen LogP contribution in [0.3, 0.4) is 0 Å². The number of anilines is 1. The Balaban J connectivity index is 1.97. The summed E-state index contributed by atoms with van der Waals surface area (Å²) < 4.78 is 0. The van der Waals surface area contributed by atoms with Crippen molar-refractivity contribution in [2.24, 2.45) is 0 Å². The van der Waals surface area contributed by atoms with Gasteiger partial charge in [0.05, 0.1) is 0 Å². The van der Waals surface area contributed by atoms with Gasteiger partial charge in [-0.1, -0.05) is 132 Å². The van der Waals surface area contributed by atoms with Crippen LogP contribution >= 0.6 is 0 Å². The highest BCUT2D eigenvalue weighted by molar-refractivity contribution is 7.00. The molecule has 0 radical (unpaired) electrons. The average Bonchev–Trinajstić information content (AvgIpc) is 2.76. The van der Waals surface area contributed by atoms with Gasteiger partial charge in [-0.25, -0.2) is 0 Å². The van der Waals surface area contributed by atoms with Crippen LogP contribution in [0.25, 0.3) is 11.5 Å². The van der Waals surface area contributed by atoms with Gasteiger partial charge in [0.25, 0.3) is 0 Å². The van der Waals surface area contributed by atoms with Crippen molar-refractivity contribution in [3.05, 3.63) is 126 Å². The lowest BCUT2D eigenvalue weighted by molar-refractivity contribution is 1.62. The van der Waals surface area contributed by atoms with E-state index in [1.807, 2.05) is 18.2 Å². The molecular weight excluding hydrogens is 337 g/mol. The fourth-order valence-electron chi connectivity index (χ4n) is 3.65. The highest BCUT2D eigenvalue weighted by Crippen LogP contribution is 2.26. The van der Waals surface area contributed by atoms with Crippen LogP contribution in [0.4, 0.5) is 5.69 Å². The molecule has 4 aromatic carbocycles. The number of nitrogens with two attached hydrogens (primary N) is 1. The van der Waals surface area contributed by atoms with E-state index in [2.05, 4.69) is 103 Å². The summed E-state index contributed by atoms with van der Waals surface area (Å²) >= 11 is 0. The molecule has 0 aliphatic rings. The monoisotopic (exact) mass is 359 g/mol. The minimum Gasteiger partial charge on any atom is -0.398 e. The van der Waals surface area contributed by atoms with Gasteiger partial charge in [0.2, 0.25) is 6.71 Å². The lowest BCUT2D eigenvalue weighted by Gasteiger charge is -2.21. The van der Waals surface area contributed by atoms with E-state index in [9.17, 15) is 0 Å². The van der Waals surface area contributed by atoms with Crippen molar-refractivity contribution >= 4 is 34.9 Å². The third kappa shape index (κ3) is 3.92. The Bertz CT molecular complexity index is 1020. The molecule has 0 spiro atoms. The minimum absolute atomic E-state index is 0.0901. The van der Waals surface area contributed by atoms with E-state index < -0.39 is 0 Å². The maximum absolute atomic E-state index is 6.43. The predicted octanol–water partition coefficient (Wildman–Crippen LogP) is 4.66. The Labute approximate surface area is 167 Å². The lowest BCUT2D eigenvalue weighted by Crippen LogP contribution is -2.43. The summed E-state index contributed by atoms with van der Waals surface area (Å²) in [4.78, 5) is 0. The normalized spacial score (nSPS) is 11.2. The van der Waals surface area contributed by atoms with E-state index in [4.69, 9.17) is 5.73 Å². The maximum atomic E-state index is 6.43. The second-order valence-electron chi connectivity index (χ2n) is 6.85. The second kappa shape index (κ2) is 8.45. The molecule has 2 N–H and O–H groups in total. The zero-order valence-electron chi connectivity index (χ0n) is 15.7. The summed E-state index contributed by atoms with van der Waals surface area (Å²) in [6.07, 6.45) is 2.26. The smallest absolute Gasteiger partial charge is 0.242 e. The SMILES string of the molecule is Nc1ccccc1/C(=C/c1ccccc1)B(c1ccccc1)c1ccccc1. The molecule has 0 fully saturated rings. The van der Waals surface area contributed by atoms with Gasteiger partial charge >= 0.3 is 0 Å². The molecule has 0 amide bonds. The van der Waals surface area contributed by atoms with E-state index >= 15 is 0 Å². The zero-order valence-corrected chi connectivity index (χ0v) is 15.7. The highest BCUT2D eigenvalue weighted by atomic mass is 14.6. The van der Waals surface area contributed by atoms with Gasteiger partial charge < -0.3 is 5.73 Å². The lowest BCUT2D eigenvalue weighted by atomic mass is 9.35. The van der Waals surface area contributed by atoms with Crippen molar-refractivity contribution in [2.75, 3.05) is 5.73 Å². The quantitative estimate of drug-likeness (QED) is 0.313. The second-order valence-corrected chi connectivity index (χ2v) is 6.85. The summed E-state index contributed by atoms with van der Waals surface area (Å²) in [6.45, 7) is 0.0901. The molecule has 4 aromatic rings. The number of benzene rings is 4. The van der Waals surface area contributed by atoms with Crippen molar-refractivity contribution in [3.8, 4) is 0 Å². The molecule has 134 valence electrons. The molecule has 0 atom stereocenters. The maximum Gasteiger partial charge on any atom is 0.242 e. The first-order chi connectivity index (χ1) is 13.8. The van der Waals surface area contributed by atoms with Gasteiger partial charge in [0.15, 0.2) is 0 Å². The molecule has 0 aromatic heterocycles. The van der Waals surface area contributed by atoms with Crippen LogP contribution in [0.2, 0.25) is 0 Å². The van der Waals surface area contributed by atoms with Crippen LogP contribution in [-0.2, 0) is 0 Å².